The zero-order valence-electron chi connectivity index (χ0n) is 27.0. The van der Waals surface area contributed by atoms with Crippen LogP contribution in [0.3, 0.4) is 0 Å². The van der Waals surface area contributed by atoms with E-state index in [2.05, 4.69) is 16.2 Å². The monoisotopic (exact) mass is 676 g/mol. The van der Waals surface area contributed by atoms with Crippen LogP contribution in [0.5, 0.6) is 0 Å². The molecule has 0 aliphatic heterocycles. The van der Waals surface area contributed by atoms with E-state index in [1.54, 1.807) is 28.4 Å². The Balaban J connectivity index is -0.000000575. The number of carboxylic acids is 1. The number of nitrogens with two attached hydrogens (primary N) is 2. The average molecular weight is 677 g/mol. The van der Waals surface area contributed by atoms with E-state index in [0.717, 1.165) is 32.1 Å². The van der Waals surface area contributed by atoms with Gasteiger partial charge in [0.05, 0.1) is 26.6 Å². The predicted molar refractivity (Wildman–Crippen MR) is 174 cm³/mol. The summed E-state index contributed by atoms with van der Waals surface area (Å²) in [4.78, 5) is 30.4. The smallest absolute Gasteiger partial charge is 0.322 e. The molecule has 17 heteroatoms. The van der Waals surface area contributed by atoms with Gasteiger partial charge in [-0.05, 0) is 51.0 Å². The van der Waals surface area contributed by atoms with Crippen LogP contribution < -0.4 is 11.5 Å². The lowest BCUT2D eigenvalue weighted by molar-refractivity contribution is -0.275. The molecule has 0 saturated carbocycles. The molecule has 0 radical (unpaired) electrons. The van der Waals surface area contributed by atoms with Gasteiger partial charge < -0.3 is 56.8 Å². The number of carbonyl (C=O) groups is 2. The highest BCUT2D eigenvalue weighted by Gasteiger charge is 2.14. The number of methoxy groups -OCH3 is 5. The van der Waals surface area contributed by atoms with Gasteiger partial charge in [-0.15, -0.1) is 0 Å². The van der Waals surface area contributed by atoms with E-state index in [-0.39, 0.29) is 30.4 Å². The molecule has 0 aromatic carbocycles. The van der Waals surface area contributed by atoms with Crippen molar-refractivity contribution in [3.05, 3.63) is 23.8 Å². The molecule has 0 fully saturated rings. The number of aliphatic carboxylic acids is 1. The maximum absolute atomic E-state index is 10.9. The molecule has 0 saturated heterocycles. The summed E-state index contributed by atoms with van der Waals surface area (Å²) in [5.74, 6) is -0.283. The Morgan fingerprint density at radius 3 is 1.59 bits per heavy atom. The second-order valence-electron chi connectivity index (χ2n) is 9.16. The molecule has 15 nitrogen and oxygen atoms in total. The Kier molecular flexibility index (Phi) is 35.6. The summed E-state index contributed by atoms with van der Waals surface area (Å²) < 4.78 is 24.6. The molecule has 0 aromatic heterocycles. The van der Waals surface area contributed by atoms with Crippen molar-refractivity contribution in [1.82, 2.24) is 0 Å². The fraction of sp³-hybridized carbons (Fsp3) is 0.852. The molecule has 0 rings (SSSR count). The number of hydrogen-bond donors (Lipinski definition) is 4. The van der Waals surface area contributed by atoms with Crippen molar-refractivity contribution in [1.29, 1.82) is 0 Å². The Morgan fingerprint density at radius 1 is 0.750 bits per heavy atom. The first-order valence-corrected chi connectivity index (χ1v) is 16.5. The van der Waals surface area contributed by atoms with Crippen LogP contribution in [0, 0.1) is 0 Å². The van der Waals surface area contributed by atoms with Gasteiger partial charge in [-0.2, -0.15) is 0 Å². The number of hydrogen-bond acceptors (Lipinski definition) is 14. The topological polar surface area (TPSA) is 239 Å². The van der Waals surface area contributed by atoms with E-state index in [1.807, 2.05) is 0 Å². The van der Waals surface area contributed by atoms with Gasteiger partial charge >= 0.3 is 5.97 Å². The van der Waals surface area contributed by atoms with Crippen LogP contribution in [0.15, 0.2) is 12.3 Å². The van der Waals surface area contributed by atoms with E-state index in [4.69, 9.17) is 57.0 Å². The highest BCUT2D eigenvalue weighted by Crippen LogP contribution is 2.25. The van der Waals surface area contributed by atoms with Crippen LogP contribution in [0.25, 0.3) is 11.5 Å². The van der Waals surface area contributed by atoms with Crippen molar-refractivity contribution in [3.8, 4) is 0 Å². The molecule has 44 heavy (non-hydrogen) atoms. The molecule has 0 aliphatic carbocycles. The molecule has 0 bridgehead atoms. The third-order valence-corrected chi connectivity index (χ3v) is 8.16. The van der Waals surface area contributed by atoms with Gasteiger partial charge in [-0.3, -0.25) is 9.59 Å². The van der Waals surface area contributed by atoms with Gasteiger partial charge in [0.2, 0.25) is 0 Å². The first kappa shape index (κ1) is 47.2. The lowest BCUT2D eigenvalue weighted by Gasteiger charge is -2.17. The highest BCUT2D eigenvalue weighted by atomic mass is 33.1. The zero-order valence-corrected chi connectivity index (χ0v) is 28.6. The van der Waals surface area contributed by atoms with Crippen LogP contribution in [-0.2, 0) is 43.0 Å². The fourth-order valence-corrected chi connectivity index (χ4v) is 5.15. The first-order valence-electron chi connectivity index (χ1n) is 14.0. The fourth-order valence-electron chi connectivity index (χ4n) is 2.96. The number of carbonyl (C=O) groups excluding carboxylic acids is 1. The summed E-state index contributed by atoms with van der Waals surface area (Å²) in [6.45, 7) is 3.69. The summed E-state index contributed by atoms with van der Waals surface area (Å²) in [5.41, 5.74) is 25.8. The van der Waals surface area contributed by atoms with Gasteiger partial charge in [-0.25, -0.2) is 9.78 Å². The minimum Gasteiger partial charge on any atom is -0.668 e. The maximum Gasteiger partial charge on any atom is 0.322 e. The number of rotatable bonds is 25. The SMILES string of the molecule is C=C(O)C([NH-])CCSSCCC([NH-])C(=O)O.COC(=O)C(N)CCCC(OC)OC.COOC[C@@H](N)CCCC(OC)OC. The van der Waals surface area contributed by atoms with Gasteiger partial charge in [0.1, 0.15) is 6.04 Å². The Morgan fingerprint density at radius 2 is 1.20 bits per heavy atom. The summed E-state index contributed by atoms with van der Waals surface area (Å²) in [7, 11) is 12.2. The predicted octanol–water partition coefficient (Wildman–Crippen LogP) is 4.10. The second-order valence-corrected chi connectivity index (χ2v) is 11.9. The van der Waals surface area contributed by atoms with Gasteiger partial charge in [0.25, 0.3) is 5.97 Å². The first-order chi connectivity index (χ1) is 20.8. The molecular weight excluding hydrogens is 620 g/mol. The summed E-state index contributed by atoms with van der Waals surface area (Å²) in [5, 5.41) is 17.3. The lowest BCUT2D eigenvalue weighted by Crippen LogP contribution is -2.31. The van der Waals surface area contributed by atoms with E-state index in [0.29, 0.717) is 37.4 Å². The van der Waals surface area contributed by atoms with Crippen molar-refractivity contribution in [3.63, 3.8) is 0 Å². The minimum atomic E-state index is -1.09. The van der Waals surface area contributed by atoms with Crippen molar-refractivity contribution in [2.24, 2.45) is 11.5 Å². The highest BCUT2D eigenvalue weighted by molar-refractivity contribution is 8.76. The number of aliphatic hydroxyl groups excluding tert-OH is 1. The standard InChI is InChI=1S/C9H16N2O3S2.C9H21NO4.C9H19NO4/c1-6(12)7(10)2-4-15-16-5-3-8(11)9(13)14;1-11-9(12-2)6-4-5-8(10)7-14-13-3;1-12-8(13-2)6-4-5-7(10)9(11)14-3/h7-8,10-12H,1-5H2,(H,13,14);8-9H,4-7,10H2,1-3H3;7-8H,4-6,10H2,1-3H3/q-2;;/t;8-;/m.0./s1. The number of nitrogens with one attached hydrogen (secondary N) is 2. The molecule has 264 valence electrons. The Bertz CT molecular complexity index is 670. The summed E-state index contributed by atoms with van der Waals surface area (Å²) in [6.07, 6.45) is 5.21. The second kappa shape index (κ2) is 33.2. The third-order valence-electron chi connectivity index (χ3n) is 5.69. The third kappa shape index (κ3) is 30.8. The number of aliphatic hydroxyl groups is 1. The van der Waals surface area contributed by atoms with E-state index in [9.17, 15) is 9.59 Å². The zero-order chi connectivity index (χ0) is 34.3. The van der Waals surface area contributed by atoms with E-state index in [1.165, 1.54) is 35.8 Å². The molecule has 8 N–H and O–H groups in total. The van der Waals surface area contributed by atoms with Crippen molar-refractivity contribution in [2.45, 2.75) is 88.1 Å². The van der Waals surface area contributed by atoms with E-state index < -0.39 is 24.1 Å². The van der Waals surface area contributed by atoms with Crippen LogP contribution in [0.4, 0.5) is 0 Å². The quantitative estimate of drug-likeness (QED) is 0.0202. The van der Waals surface area contributed by atoms with Crippen molar-refractivity contribution >= 4 is 33.5 Å². The average Bonchev–Trinajstić information content (AvgIpc) is 3.01. The lowest BCUT2D eigenvalue weighted by atomic mass is 10.1. The minimum absolute atomic E-state index is 0.00399. The number of ether oxygens (including phenoxy) is 5. The maximum atomic E-state index is 10.9. The molecule has 0 spiro atoms. The molecule has 4 atom stereocenters. The number of carboxylic acid groups (broad SMARTS) is 1. The molecule has 0 heterocycles. The largest absolute Gasteiger partial charge is 0.668 e. The summed E-state index contributed by atoms with van der Waals surface area (Å²) >= 11 is 0. The molecule has 0 aromatic rings. The van der Waals surface area contributed by atoms with Gasteiger partial charge in [-0.1, -0.05) is 40.6 Å². The van der Waals surface area contributed by atoms with Crippen LogP contribution in [-0.4, -0.2) is 120 Å². The van der Waals surface area contributed by atoms with Crippen molar-refractivity contribution < 1.29 is 53.3 Å². The Hall–Kier alpha value is -1.22. The molecular formula is C27H56N4O11S2-2. The number of esters is 1. The van der Waals surface area contributed by atoms with E-state index >= 15 is 0 Å². The van der Waals surface area contributed by atoms with Crippen molar-refractivity contribution in [2.75, 3.05) is 60.8 Å². The normalized spacial score (nSPS) is 13.6. The molecule has 0 amide bonds. The Labute approximate surface area is 270 Å². The summed E-state index contributed by atoms with van der Waals surface area (Å²) in [6, 6.07) is -2.23. The molecule has 3 unspecified atom stereocenters. The van der Waals surface area contributed by atoms with Gasteiger partial charge in [0, 0.05) is 46.0 Å². The molecule has 0 aliphatic rings. The van der Waals surface area contributed by atoms with Crippen LogP contribution in [0.1, 0.15) is 51.4 Å². The van der Waals surface area contributed by atoms with Gasteiger partial charge in [0.15, 0.2) is 12.6 Å². The van der Waals surface area contributed by atoms with Crippen LogP contribution in [0.2, 0.25) is 0 Å². The van der Waals surface area contributed by atoms with Crippen LogP contribution >= 0.6 is 21.6 Å².